The van der Waals surface area contributed by atoms with Crippen molar-refractivity contribution >= 4 is 23.3 Å². The minimum Gasteiger partial charge on any atom is -0.497 e. The van der Waals surface area contributed by atoms with Gasteiger partial charge in [-0.15, -0.1) is 0 Å². The number of ether oxygens (including phenoxy) is 1. The Hall–Kier alpha value is -4.17. The van der Waals surface area contributed by atoms with Crippen molar-refractivity contribution in [2.75, 3.05) is 7.11 Å². The minimum atomic E-state index is -0.939. The fourth-order valence-corrected chi connectivity index (χ4v) is 5.38. The molecule has 0 aliphatic carbocycles. The number of carboxylic acid groups (broad SMARTS) is 1. The van der Waals surface area contributed by atoms with Crippen LogP contribution in [0.5, 0.6) is 5.75 Å². The molecule has 2 N–H and O–H groups in total. The SMILES string of the molecule is COc1ccc(CN2C(=S)N[C@H](c3ccccn3)[C@@H]2c2cc(C)n(-c3ccc(C(=O)O)cc3)c2C)cc1. The zero-order valence-corrected chi connectivity index (χ0v) is 21.7. The van der Waals surface area contributed by atoms with Gasteiger partial charge in [-0.3, -0.25) is 4.98 Å². The second-order valence-electron chi connectivity index (χ2n) is 9.12. The number of aromatic nitrogens is 2. The van der Waals surface area contributed by atoms with Crippen LogP contribution >= 0.6 is 12.2 Å². The molecule has 188 valence electrons. The predicted molar refractivity (Wildman–Crippen MR) is 146 cm³/mol. The number of benzene rings is 2. The highest BCUT2D eigenvalue weighted by Gasteiger charge is 2.41. The van der Waals surface area contributed by atoms with Gasteiger partial charge in [0.25, 0.3) is 0 Å². The third-order valence-electron chi connectivity index (χ3n) is 6.87. The molecule has 1 saturated heterocycles. The molecule has 5 rings (SSSR count). The molecule has 0 spiro atoms. The van der Waals surface area contributed by atoms with Crippen molar-refractivity contribution in [3.8, 4) is 11.4 Å². The second-order valence-corrected chi connectivity index (χ2v) is 9.50. The molecular formula is C29H28N4O3S. The van der Waals surface area contributed by atoms with Crippen molar-refractivity contribution in [1.82, 2.24) is 19.8 Å². The van der Waals surface area contributed by atoms with Crippen molar-refractivity contribution in [2.45, 2.75) is 32.5 Å². The largest absolute Gasteiger partial charge is 0.497 e. The number of aromatic carboxylic acids is 1. The third-order valence-corrected chi connectivity index (χ3v) is 7.22. The quantitative estimate of drug-likeness (QED) is 0.322. The summed E-state index contributed by atoms with van der Waals surface area (Å²) in [4.78, 5) is 18.2. The second kappa shape index (κ2) is 10.1. The Morgan fingerprint density at radius 3 is 2.43 bits per heavy atom. The summed E-state index contributed by atoms with van der Waals surface area (Å²) >= 11 is 5.86. The molecule has 0 bridgehead atoms. The summed E-state index contributed by atoms with van der Waals surface area (Å²) in [6.07, 6.45) is 1.80. The van der Waals surface area contributed by atoms with Gasteiger partial charge in [-0.1, -0.05) is 18.2 Å². The van der Waals surface area contributed by atoms with Gasteiger partial charge in [0.1, 0.15) is 5.75 Å². The van der Waals surface area contributed by atoms with Gasteiger partial charge in [-0.05, 0) is 91.8 Å². The Morgan fingerprint density at radius 2 is 1.81 bits per heavy atom. The zero-order valence-electron chi connectivity index (χ0n) is 20.9. The number of hydrogen-bond acceptors (Lipinski definition) is 4. The number of thiocarbonyl (C=S) groups is 1. The molecule has 2 atom stereocenters. The molecule has 1 fully saturated rings. The summed E-state index contributed by atoms with van der Waals surface area (Å²) in [5.74, 6) is -0.127. The molecule has 3 heterocycles. The van der Waals surface area contributed by atoms with E-state index in [1.165, 1.54) is 0 Å². The maximum atomic E-state index is 11.3. The van der Waals surface area contributed by atoms with E-state index in [2.05, 4.69) is 51.8 Å². The first kappa shape index (κ1) is 24.5. The van der Waals surface area contributed by atoms with Gasteiger partial charge in [0.05, 0.1) is 30.5 Å². The summed E-state index contributed by atoms with van der Waals surface area (Å²) < 4.78 is 7.48. The van der Waals surface area contributed by atoms with E-state index < -0.39 is 5.97 Å². The first-order chi connectivity index (χ1) is 17.9. The topological polar surface area (TPSA) is 79.6 Å². The molecule has 4 aromatic rings. The Bertz CT molecular complexity index is 1430. The van der Waals surface area contributed by atoms with Crippen LogP contribution in [0.2, 0.25) is 0 Å². The van der Waals surface area contributed by atoms with E-state index in [1.807, 2.05) is 42.5 Å². The van der Waals surface area contributed by atoms with Crippen molar-refractivity contribution in [3.63, 3.8) is 0 Å². The fraction of sp³-hybridized carbons (Fsp3) is 0.207. The number of hydrogen-bond donors (Lipinski definition) is 2. The number of nitrogens with zero attached hydrogens (tertiary/aromatic N) is 3. The Balaban J connectivity index is 1.58. The van der Waals surface area contributed by atoms with Gasteiger partial charge >= 0.3 is 5.97 Å². The lowest BCUT2D eigenvalue weighted by atomic mass is 9.96. The van der Waals surface area contributed by atoms with Crippen molar-refractivity contribution in [2.24, 2.45) is 0 Å². The lowest BCUT2D eigenvalue weighted by Crippen LogP contribution is -2.29. The molecule has 0 unspecified atom stereocenters. The van der Waals surface area contributed by atoms with Gasteiger partial charge in [-0.2, -0.15) is 0 Å². The number of carboxylic acids is 1. The lowest BCUT2D eigenvalue weighted by molar-refractivity contribution is 0.0697. The van der Waals surface area contributed by atoms with E-state index >= 15 is 0 Å². The summed E-state index contributed by atoms with van der Waals surface area (Å²) in [6.45, 7) is 4.78. The van der Waals surface area contributed by atoms with Crippen LogP contribution in [0, 0.1) is 13.8 Å². The molecule has 0 radical (unpaired) electrons. The number of rotatable bonds is 7. The van der Waals surface area contributed by atoms with Crippen LogP contribution in [0.15, 0.2) is 79.0 Å². The zero-order chi connectivity index (χ0) is 26.1. The Labute approximate surface area is 221 Å². The van der Waals surface area contributed by atoms with Gasteiger partial charge in [0, 0.05) is 29.8 Å². The van der Waals surface area contributed by atoms with Crippen LogP contribution in [-0.2, 0) is 6.54 Å². The molecule has 2 aromatic carbocycles. The first-order valence-electron chi connectivity index (χ1n) is 12.0. The molecule has 37 heavy (non-hydrogen) atoms. The summed E-state index contributed by atoms with van der Waals surface area (Å²) in [6, 6.07) is 22.9. The molecule has 1 aliphatic rings. The first-order valence-corrected chi connectivity index (χ1v) is 12.4. The standard InChI is InChI=1S/C29H28N4O3S/c1-18-16-24(19(2)33(18)22-11-9-21(10-12-22)28(34)35)27-26(25-6-4-5-15-30-25)31-29(37)32(27)17-20-7-13-23(36-3)14-8-20/h4-16,26-27H,17H2,1-3H3,(H,31,37)(H,34,35)/t26-,27+/m1/s1. The number of carbonyl (C=O) groups is 1. The third kappa shape index (κ3) is 4.68. The number of aryl methyl sites for hydroxylation is 1. The fourth-order valence-electron chi connectivity index (χ4n) is 5.08. The highest BCUT2D eigenvalue weighted by Crippen LogP contribution is 2.42. The smallest absolute Gasteiger partial charge is 0.335 e. The van der Waals surface area contributed by atoms with E-state index in [9.17, 15) is 9.90 Å². The molecule has 2 aromatic heterocycles. The highest BCUT2D eigenvalue weighted by atomic mass is 32.1. The van der Waals surface area contributed by atoms with E-state index in [1.54, 1.807) is 25.4 Å². The van der Waals surface area contributed by atoms with Crippen LogP contribution in [0.1, 0.15) is 50.7 Å². The van der Waals surface area contributed by atoms with E-state index in [0.717, 1.165) is 39.6 Å². The number of nitrogens with one attached hydrogen (secondary N) is 1. The summed E-state index contributed by atoms with van der Waals surface area (Å²) in [5, 5.41) is 13.5. The van der Waals surface area contributed by atoms with Crippen molar-refractivity contribution in [3.05, 3.63) is 113 Å². The maximum Gasteiger partial charge on any atom is 0.335 e. The van der Waals surface area contributed by atoms with E-state index in [-0.39, 0.29) is 17.6 Å². The Morgan fingerprint density at radius 1 is 1.08 bits per heavy atom. The van der Waals surface area contributed by atoms with Gasteiger partial charge in [0.15, 0.2) is 5.11 Å². The van der Waals surface area contributed by atoms with Gasteiger partial charge in [-0.25, -0.2) is 4.79 Å². The van der Waals surface area contributed by atoms with Crippen LogP contribution < -0.4 is 10.1 Å². The molecule has 0 amide bonds. The van der Waals surface area contributed by atoms with Gasteiger partial charge in [0.2, 0.25) is 0 Å². The van der Waals surface area contributed by atoms with Crippen LogP contribution in [-0.4, -0.2) is 37.7 Å². The summed E-state index contributed by atoms with van der Waals surface area (Å²) in [5.41, 5.74) is 6.47. The van der Waals surface area contributed by atoms with Gasteiger partial charge < -0.3 is 24.6 Å². The molecule has 0 saturated carbocycles. The van der Waals surface area contributed by atoms with Crippen molar-refractivity contribution in [1.29, 1.82) is 0 Å². The lowest BCUT2D eigenvalue weighted by Gasteiger charge is -2.28. The van der Waals surface area contributed by atoms with Crippen molar-refractivity contribution < 1.29 is 14.6 Å². The summed E-state index contributed by atoms with van der Waals surface area (Å²) in [7, 11) is 1.66. The predicted octanol–water partition coefficient (Wildman–Crippen LogP) is 5.37. The highest BCUT2D eigenvalue weighted by molar-refractivity contribution is 7.80. The molecular weight excluding hydrogens is 484 g/mol. The van der Waals surface area contributed by atoms with Crippen LogP contribution in [0.25, 0.3) is 5.69 Å². The number of pyridine rings is 1. The molecule has 7 nitrogen and oxygen atoms in total. The average Bonchev–Trinajstić information content (AvgIpc) is 3.39. The van der Waals surface area contributed by atoms with E-state index in [4.69, 9.17) is 17.0 Å². The number of methoxy groups -OCH3 is 1. The molecule has 8 heteroatoms. The van der Waals surface area contributed by atoms with E-state index in [0.29, 0.717) is 11.7 Å². The normalized spacial score (nSPS) is 17.1. The van der Waals surface area contributed by atoms with Crippen LogP contribution in [0.3, 0.4) is 0 Å². The Kier molecular flexibility index (Phi) is 6.67. The molecule has 1 aliphatic heterocycles. The maximum absolute atomic E-state index is 11.3. The monoisotopic (exact) mass is 512 g/mol. The average molecular weight is 513 g/mol. The minimum absolute atomic E-state index is 0.0947. The van der Waals surface area contributed by atoms with Crippen LogP contribution in [0.4, 0.5) is 0 Å².